The molecule has 1 unspecified atom stereocenters. The summed E-state index contributed by atoms with van der Waals surface area (Å²) in [5, 5.41) is 5.12. The van der Waals surface area contributed by atoms with Gasteiger partial charge in [-0.25, -0.2) is 22.0 Å². The Kier molecular flexibility index (Phi) is 4.44. The zero-order valence-electron chi connectivity index (χ0n) is 12.1. The molecule has 1 fully saturated rings. The molecule has 1 aromatic rings. The third-order valence-corrected chi connectivity index (χ3v) is 6.93. The predicted octanol–water partition coefficient (Wildman–Crippen LogP) is 1.00. The molecule has 0 amide bonds. The molecule has 2 rings (SSSR count). The number of hydrogen-bond acceptors (Lipinski definition) is 4. The normalized spacial score (nSPS) is 21.0. The van der Waals surface area contributed by atoms with Crippen LogP contribution in [0.5, 0.6) is 0 Å². The topological polar surface area (TPSA) is 97.5 Å². The summed E-state index contributed by atoms with van der Waals surface area (Å²) in [5.74, 6) is 0.681. The summed E-state index contributed by atoms with van der Waals surface area (Å²) in [6.07, 6.45) is 0.786. The summed E-state index contributed by atoms with van der Waals surface area (Å²) in [5.41, 5.74) is 0. The summed E-state index contributed by atoms with van der Waals surface area (Å²) >= 11 is 0. The van der Waals surface area contributed by atoms with Gasteiger partial charge < -0.3 is 0 Å². The molecule has 1 heterocycles. The molecular formula is C13H20N2O4S2. The third-order valence-electron chi connectivity index (χ3n) is 3.90. The molecule has 6 nitrogen and oxygen atoms in total. The van der Waals surface area contributed by atoms with E-state index in [1.807, 2.05) is 0 Å². The second kappa shape index (κ2) is 5.68. The van der Waals surface area contributed by atoms with Gasteiger partial charge in [-0.3, -0.25) is 0 Å². The van der Waals surface area contributed by atoms with Crippen LogP contribution in [0.25, 0.3) is 0 Å². The Morgan fingerprint density at radius 3 is 2.19 bits per heavy atom. The van der Waals surface area contributed by atoms with Crippen molar-refractivity contribution in [2.75, 3.05) is 13.1 Å². The summed E-state index contributed by atoms with van der Waals surface area (Å²) in [7, 11) is -7.93. The van der Waals surface area contributed by atoms with Crippen LogP contribution in [0, 0.1) is 11.8 Å². The van der Waals surface area contributed by atoms with E-state index in [4.69, 9.17) is 5.14 Å². The Morgan fingerprint density at radius 1 is 1.14 bits per heavy atom. The highest BCUT2D eigenvalue weighted by molar-refractivity contribution is 7.92. The molecular weight excluding hydrogens is 312 g/mol. The quantitative estimate of drug-likeness (QED) is 0.889. The first-order chi connectivity index (χ1) is 9.64. The molecule has 0 radical (unpaired) electrons. The lowest BCUT2D eigenvalue weighted by molar-refractivity contribution is 0.388. The zero-order valence-corrected chi connectivity index (χ0v) is 13.7. The number of rotatable bonds is 4. The Hall–Kier alpha value is -0.960. The van der Waals surface area contributed by atoms with Crippen LogP contribution < -0.4 is 5.14 Å². The molecule has 118 valence electrons. The summed E-state index contributed by atoms with van der Waals surface area (Å²) in [4.78, 5) is -0.588. The van der Waals surface area contributed by atoms with Crippen LogP contribution in [0.3, 0.4) is 0 Å². The van der Waals surface area contributed by atoms with Gasteiger partial charge in [-0.2, -0.15) is 4.31 Å². The fourth-order valence-electron chi connectivity index (χ4n) is 2.55. The Morgan fingerprint density at radius 2 is 1.71 bits per heavy atom. The van der Waals surface area contributed by atoms with Crippen molar-refractivity contribution < 1.29 is 16.8 Å². The van der Waals surface area contributed by atoms with Gasteiger partial charge in [0.2, 0.25) is 20.0 Å². The molecule has 1 aliphatic rings. The van der Waals surface area contributed by atoms with Crippen LogP contribution in [0.2, 0.25) is 0 Å². The summed E-state index contributed by atoms with van der Waals surface area (Å²) in [6.45, 7) is 4.93. The van der Waals surface area contributed by atoms with Crippen molar-refractivity contribution >= 4 is 20.0 Å². The summed E-state index contributed by atoms with van der Waals surface area (Å²) < 4.78 is 49.9. The molecule has 0 saturated carbocycles. The fourth-order valence-corrected chi connectivity index (χ4v) is 5.42. The molecule has 0 spiro atoms. The standard InChI is InChI=1S/C13H20N2O4S2/c1-10(2)11-7-8-15(9-11)21(18,19)13-6-4-3-5-12(13)20(14,16)17/h3-6,10-11H,7-9H2,1-2H3,(H2,14,16,17). The van der Waals surface area contributed by atoms with E-state index >= 15 is 0 Å². The highest BCUT2D eigenvalue weighted by Crippen LogP contribution is 2.30. The molecule has 2 N–H and O–H groups in total. The minimum absolute atomic E-state index is 0.239. The second-order valence-corrected chi connectivity index (χ2v) is 9.08. The van der Waals surface area contributed by atoms with Crippen molar-refractivity contribution in [3.05, 3.63) is 24.3 Å². The van der Waals surface area contributed by atoms with E-state index in [-0.39, 0.29) is 9.79 Å². The second-order valence-electron chi connectivity index (χ2n) is 5.65. The van der Waals surface area contributed by atoms with E-state index in [1.165, 1.54) is 28.6 Å². The maximum Gasteiger partial charge on any atom is 0.244 e. The van der Waals surface area contributed by atoms with E-state index < -0.39 is 20.0 Å². The van der Waals surface area contributed by atoms with Crippen molar-refractivity contribution in [1.82, 2.24) is 4.31 Å². The van der Waals surface area contributed by atoms with Gasteiger partial charge in [-0.05, 0) is 30.4 Å². The minimum Gasteiger partial charge on any atom is -0.225 e. The zero-order chi connectivity index (χ0) is 15.8. The average molecular weight is 332 g/mol. The van der Waals surface area contributed by atoms with E-state index in [9.17, 15) is 16.8 Å². The lowest BCUT2D eigenvalue weighted by Gasteiger charge is -2.19. The maximum atomic E-state index is 12.7. The number of primary sulfonamides is 1. The molecule has 8 heteroatoms. The van der Waals surface area contributed by atoms with Crippen LogP contribution in [0.4, 0.5) is 0 Å². The van der Waals surface area contributed by atoms with E-state index in [2.05, 4.69) is 13.8 Å². The van der Waals surface area contributed by atoms with Gasteiger partial charge in [-0.1, -0.05) is 26.0 Å². The molecule has 0 aromatic heterocycles. The number of sulfonamides is 2. The first kappa shape index (κ1) is 16.4. The van der Waals surface area contributed by atoms with Crippen molar-refractivity contribution in [1.29, 1.82) is 0 Å². The van der Waals surface area contributed by atoms with Gasteiger partial charge in [0.05, 0.1) is 0 Å². The molecule has 21 heavy (non-hydrogen) atoms. The number of nitrogens with two attached hydrogens (primary N) is 1. The molecule has 1 aliphatic heterocycles. The lowest BCUT2D eigenvalue weighted by atomic mass is 9.96. The average Bonchev–Trinajstić information content (AvgIpc) is 2.88. The van der Waals surface area contributed by atoms with Gasteiger partial charge in [0.15, 0.2) is 0 Å². The smallest absolute Gasteiger partial charge is 0.225 e. The molecule has 1 saturated heterocycles. The Labute approximate surface area is 126 Å². The van der Waals surface area contributed by atoms with E-state index in [1.54, 1.807) is 0 Å². The van der Waals surface area contributed by atoms with Gasteiger partial charge in [0.25, 0.3) is 0 Å². The van der Waals surface area contributed by atoms with Crippen LogP contribution >= 0.6 is 0 Å². The van der Waals surface area contributed by atoms with Crippen molar-refractivity contribution in [3.8, 4) is 0 Å². The molecule has 1 atom stereocenters. The van der Waals surface area contributed by atoms with Crippen molar-refractivity contribution in [3.63, 3.8) is 0 Å². The molecule has 0 aliphatic carbocycles. The van der Waals surface area contributed by atoms with Gasteiger partial charge >= 0.3 is 0 Å². The largest absolute Gasteiger partial charge is 0.244 e. The van der Waals surface area contributed by atoms with Gasteiger partial charge in [-0.15, -0.1) is 0 Å². The number of benzene rings is 1. The fraction of sp³-hybridized carbons (Fsp3) is 0.538. The first-order valence-corrected chi connectivity index (χ1v) is 9.74. The van der Waals surface area contributed by atoms with Crippen LogP contribution in [0.1, 0.15) is 20.3 Å². The van der Waals surface area contributed by atoms with Gasteiger partial charge in [0.1, 0.15) is 9.79 Å². The van der Waals surface area contributed by atoms with Gasteiger partial charge in [0, 0.05) is 13.1 Å². The predicted molar refractivity (Wildman–Crippen MR) is 79.5 cm³/mol. The highest BCUT2D eigenvalue weighted by Gasteiger charge is 2.36. The van der Waals surface area contributed by atoms with E-state index in [0.29, 0.717) is 24.9 Å². The Bertz CT molecular complexity index is 726. The van der Waals surface area contributed by atoms with Crippen LogP contribution in [-0.4, -0.2) is 34.2 Å². The monoisotopic (exact) mass is 332 g/mol. The number of nitrogens with zero attached hydrogens (tertiary/aromatic N) is 1. The summed E-state index contributed by atoms with van der Waals surface area (Å²) in [6, 6.07) is 5.47. The number of hydrogen-bond donors (Lipinski definition) is 1. The Balaban J connectivity index is 2.43. The van der Waals surface area contributed by atoms with E-state index in [0.717, 1.165) is 6.42 Å². The molecule has 0 bridgehead atoms. The van der Waals surface area contributed by atoms with Crippen LogP contribution in [-0.2, 0) is 20.0 Å². The molecule has 1 aromatic carbocycles. The highest BCUT2D eigenvalue weighted by atomic mass is 32.2. The first-order valence-electron chi connectivity index (χ1n) is 6.76. The van der Waals surface area contributed by atoms with Crippen molar-refractivity contribution in [2.45, 2.75) is 30.1 Å². The van der Waals surface area contributed by atoms with Crippen LogP contribution in [0.15, 0.2) is 34.1 Å². The maximum absolute atomic E-state index is 12.7. The SMILES string of the molecule is CC(C)C1CCN(S(=O)(=O)c2ccccc2S(N)(=O)=O)C1. The van der Waals surface area contributed by atoms with Crippen molar-refractivity contribution in [2.24, 2.45) is 17.0 Å². The lowest BCUT2D eigenvalue weighted by Crippen LogP contribution is -2.31. The minimum atomic E-state index is -4.08. The third kappa shape index (κ3) is 3.28.